The Kier molecular flexibility index (Phi) is 6.66. The monoisotopic (exact) mass is 484 g/mol. The highest BCUT2D eigenvalue weighted by Crippen LogP contribution is 2.28. The van der Waals surface area contributed by atoms with Crippen molar-refractivity contribution in [3.63, 3.8) is 0 Å². The van der Waals surface area contributed by atoms with Gasteiger partial charge in [0, 0.05) is 23.2 Å². The van der Waals surface area contributed by atoms with Crippen LogP contribution in [0.25, 0.3) is 22.5 Å². The maximum atomic E-state index is 13.4. The molecule has 2 amide bonds. The summed E-state index contributed by atoms with van der Waals surface area (Å²) < 4.78 is 10.7. The largest absolute Gasteiger partial charge is 0.360 e. The lowest BCUT2D eigenvalue weighted by molar-refractivity contribution is 0.0861. The van der Waals surface area contributed by atoms with E-state index >= 15 is 0 Å². The van der Waals surface area contributed by atoms with Crippen LogP contribution < -0.4 is 10.6 Å². The number of amides is 2. The number of nitrogens with zero attached hydrogens (tertiary/aromatic N) is 2. The maximum Gasteiger partial charge on any atom is 0.257 e. The van der Waals surface area contributed by atoms with E-state index in [-0.39, 0.29) is 23.9 Å². The van der Waals surface area contributed by atoms with Crippen molar-refractivity contribution in [2.24, 2.45) is 0 Å². The third-order valence-electron chi connectivity index (χ3n) is 6.67. The molecule has 2 N–H and O–H groups in total. The Hall–Kier alpha value is -4.20. The number of aromatic nitrogens is 2. The summed E-state index contributed by atoms with van der Waals surface area (Å²) in [7, 11) is 0. The fourth-order valence-electron chi connectivity index (χ4n) is 4.82. The normalized spacial score (nSPS) is 17.5. The molecule has 1 saturated carbocycles. The van der Waals surface area contributed by atoms with Crippen LogP contribution in [0.4, 0.5) is 0 Å². The first kappa shape index (κ1) is 23.5. The summed E-state index contributed by atoms with van der Waals surface area (Å²) in [5, 5.41) is 14.5. The first-order valence-electron chi connectivity index (χ1n) is 12.2. The summed E-state index contributed by atoms with van der Waals surface area (Å²) in [5.41, 5.74) is 3.47. The zero-order valence-electron chi connectivity index (χ0n) is 20.3. The van der Waals surface area contributed by atoms with E-state index in [1.807, 2.05) is 60.7 Å². The van der Waals surface area contributed by atoms with Gasteiger partial charge >= 0.3 is 0 Å². The summed E-state index contributed by atoms with van der Waals surface area (Å²) in [6.07, 6.45) is 3.45. The van der Waals surface area contributed by atoms with Crippen molar-refractivity contribution in [2.75, 3.05) is 0 Å². The maximum absolute atomic E-state index is 13.4. The number of rotatable bonds is 6. The standard InChI is InChI=1S/C28H28N4O4/c1-17-23(25(31-35-17)19-11-5-3-6-12-19)27(33)29-21-15-9-10-16-22(21)30-28(34)24-18(2)36-32-26(24)20-13-7-4-8-14-20/h3-8,11-14,21-22H,9-10,15-16H2,1-2H3,(H,29,33)(H,30,34). The summed E-state index contributed by atoms with van der Waals surface area (Å²) >= 11 is 0. The van der Waals surface area contributed by atoms with Crippen LogP contribution in [0.5, 0.6) is 0 Å². The molecule has 1 aliphatic carbocycles. The highest BCUT2D eigenvalue weighted by molar-refractivity contribution is 6.02. The Bertz CT molecular complexity index is 1260. The molecular weight excluding hydrogens is 456 g/mol. The minimum Gasteiger partial charge on any atom is -0.360 e. The average molecular weight is 485 g/mol. The van der Waals surface area contributed by atoms with Crippen LogP contribution in [-0.4, -0.2) is 34.2 Å². The number of aryl methyl sites for hydroxylation is 2. The van der Waals surface area contributed by atoms with Gasteiger partial charge in [0.1, 0.15) is 34.0 Å². The van der Waals surface area contributed by atoms with Gasteiger partial charge in [-0.3, -0.25) is 9.59 Å². The van der Waals surface area contributed by atoms with E-state index in [9.17, 15) is 9.59 Å². The van der Waals surface area contributed by atoms with Gasteiger partial charge < -0.3 is 19.7 Å². The first-order valence-corrected chi connectivity index (χ1v) is 12.2. The number of nitrogens with one attached hydrogen (secondary N) is 2. The van der Waals surface area contributed by atoms with Crippen molar-refractivity contribution in [2.45, 2.75) is 51.6 Å². The molecule has 8 heteroatoms. The summed E-state index contributed by atoms with van der Waals surface area (Å²) in [6, 6.07) is 18.5. The topological polar surface area (TPSA) is 110 Å². The molecule has 1 aliphatic rings. The molecule has 0 spiro atoms. The second-order valence-corrected chi connectivity index (χ2v) is 9.10. The molecule has 0 radical (unpaired) electrons. The Morgan fingerprint density at radius 1 is 0.694 bits per heavy atom. The van der Waals surface area contributed by atoms with Crippen LogP contribution in [0.2, 0.25) is 0 Å². The zero-order chi connectivity index (χ0) is 25.1. The molecular formula is C28H28N4O4. The predicted molar refractivity (Wildman–Crippen MR) is 134 cm³/mol. The van der Waals surface area contributed by atoms with Gasteiger partial charge in [-0.25, -0.2) is 0 Å². The van der Waals surface area contributed by atoms with Crippen LogP contribution in [0.3, 0.4) is 0 Å². The van der Waals surface area contributed by atoms with Crippen molar-refractivity contribution in [1.82, 2.24) is 20.9 Å². The Labute approximate surface area is 209 Å². The number of carbonyl (C=O) groups excluding carboxylic acids is 2. The van der Waals surface area contributed by atoms with Gasteiger partial charge in [-0.1, -0.05) is 83.8 Å². The molecule has 36 heavy (non-hydrogen) atoms. The van der Waals surface area contributed by atoms with E-state index < -0.39 is 0 Å². The quantitative estimate of drug-likeness (QED) is 0.395. The molecule has 2 atom stereocenters. The first-order chi connectivity index (χ1) is 17.5. The Morgan fingerprint density at radius 3 is 1.47 bits per heavy atom. The van der Waals surface area contributed by atoms with E-state index in [4.69, 9.17) is 9.05 Å². The average Bonchev–Trinajstić information content (AvgIpc) is 3.49. The lowest BCUT2D eigenvalue weighted by Crippen LogP contribution is -2.53. The Balaban J connectivity index is 1.35. The number of benzene rings is 2. The van der Waals surface area contributed by atoms with Gasteiger partial charge in [0.25, 0.3) is 11.8 Å². The van der Waals surface area contributed by atoms with E-state index in [0.717, 1.165) is 36.8 Å². The minimum atomic E-state index is -0.259. The molecule has 2 aromatic carbocycles. The lowest BCUT2D eigenvalue weighted by Gasteiger charge is -2.32. The minimum absolute atomic E-state index is 0.228. The molecule has 2 aromatic heterocycles. The van der Waals surface area contributed by atoms with Gasteiger partial charge in [0.2, 0.25) is 0 Å². The smallest absolute Gasteiger partial charge is 0.257 e. The van der Waals surface area contributed by atoms with Crippen LogP contribution in [0.1, 0.15) is 57.9 Å². The molecule has 1 fully saturated rings. The molecule has 2 heterocycles. The number of hydrogen-bond donors (Lipinski definition) is 2. The van der Waals surface area contributed by atoms with Crippen molar-refractivity contribution in [1.29, 1.82) is 0 Å². The molecule has 4 aromatic rings. The molecule has 0 aliphatic heterocycles. The van der Waals surface area contributed by atoms with Gasteiger partial charge in [-0.15, -0.1) is 0 Å². The summed E-state index contributed by atoms with van der Waals surface area (Å²) in [5.74, 6) is 0.389. The van der Waals surface area contributed by atoms with Crippen molar-refractivity contribution in [3.8, 4) is 22.5 Å². The zero-order valence-corrected chi connectivity index (χ0v) is 20.3. The van der Waals surface area contributed by atoms with Gasteiger partial charge in [-0.2, -0.15) is 0 Å². The predicted octanol–water partition coefficient (Wildman–Crippen LogP) is 5.08. The fourth-order valence-corrected chi connectivity index (χ4v) is 4.82. The Morgan fingerprint density at radius 2 is 1.08 bits per heavy atom. The van der Waals surface area contributed by atoms with Gasteiger partial charge in [0.15, 0.2) is 0 Å². The summed E-state index contributed by atoms with van der Waals surface area (Å²) in [6.45, 7) is 3.46. The highest BCUT2D eigenvalue weighted by Gasteiger charge is 2.32. The third-order valence-corrected chi connectivity index (χ3v) is 6.67. The molecule has 184 valence electrons. The van der Waals surface area contributed by atoms with Crippen LogP contribution >= 0.6 is 0 Å². The van der Waals surface area contributed by atoms with E-state index in [2.05, 4.69) is 20.9 Å². The fraction of sp³-hybridized carbons (Fsp3) is 0.286. The van der Waals surface area contributed by atoms with E-state index in [0.29, 0.717) is 34.0 Å². The number of carbonyl (C=O) groups is 2. The van der Waals surface area contributed by atoms with E-state index in [1.54, 1.807) is 13.8 Å². The van der Waals surface area contributed by atoms with Crippen molar-refractivity contribution >= 4 is 11.8 Å². The molecule has 2 unspecified atom stereocenters. The van der Waals surface area contributed by atoms with Crippen molar-refractivity contribution < 1.29 is 18.6 Å². The van der Waals surface area contributed by atoms with Gasteiger partial charge in [0.05, 0.1) is 0 Å². The molecule has 0 bridgehead atoms. The molecule has 0 saturated heterocycles. The summed E-state index contributed by atoms with van der Waals surface area (Å²) in [4.78, 5) is 26.8. The second-order valence-electron chi connectivity index (χ2n) is 9.10. The highest BCUT2D eigenvalue weighted by atomic mass is 16.5. The number of hydrogen-bond acceptors (Lipinski definition) is 6. The molecule has 5 rings (SSSR count). The third kappa shape index (κ3) is 4.66. The van der Waals surface area contributed by atoms with Gasteiger partial charge in [-0.05, 0) is 26.7 Å². The lowest BCUT2D eigenvalue weighted by atomic mass is 9.89. The SMILES string of the molecule is Cc1onc(-c2ccccc2)c1C(=O)NC1CCCCC1NC(=O)c1c(-c2ccccc2)noc1C. The van der Waals surface area contributed by atoms with Crippen LogP contribution in [-0.2, 0) is 0 Å². The van der Waals surface area contributed by atoms with Crippen molar-refractivity contribution in [3.05, 3.63) is 83.3 Å². The van der Waals surface area contributed by atoms with Crippen LogP contribution in [0.15, 0.2) is 69.7 Å². The second kappa shape index (κ2) is 10.2. The molecule has 8 nitrogen and oxygen atoms in total. The van der Waals surface area contributed by atoms with Crippen LogP contribution in [0, 0.1) is 13.8 Å². The van der Waals surface area contributed by atoms with E-state index in [1.165, 1.54) is 0 Å².